The van der Waals surface area contributed by atoms with Crippen molar-refractivity contribution in [3.05, 3.63) is 28.6 Å². The molecule has 1 heterocycles. The lowest BCUT2D eigenvalue weighted by atomic mass is 10.1. The predicted octanol–water partition coefficient (Wildman–Crippen LogP) is 2.99. The second kappa shape index (κ2) is 3.88. The van der Waals surface area contributed by atoms with Crippen LogP contribution in [0.5, 0.6) is 5.75 Å². The summed E-state index contributed by atoms with van der Waals surface area (Å²) in [4.78, 5) is 0. The van der Waals surface area contributed by atoms with Gasteiger partial charge in [0.15, 0.2) is 0 Å². The highest BCUT2D eigenvalue weighted by molar-refractivity contribution is 9.08. The van der Waals surface area contributed by atoms with Gasteiger partial charge in [0.2, 0.25) is 0 Å². The average molecular weight is 273 g/mol. The normalized spacial score (nSPS) is 11.0. The van der Waals surface area contributed by atoms with E-state index in [-0.39, 0.29) is 12.4 Å². The summed E-state index contributed by atoms with van der Waals surface area (Å²) < 4.78 is 1.02. The van der Waals surface area contributed by atoms with Crippen LogP contribution in [0, 0.1) is 0 Å². The summed E-state index contributed by atoms with van der Waals surface area (Å²) in [6.45, 7) is -0.0266. The molecule has 0 radical (unpaired) electrons. The molecule has 0 fully saturated rings. The Morgan fingerprint density at radius 3 is 2.79 bits per heavy atom. The van der Waals surface area contributed by atoms with Gasteiger partial charge in [-0.3, -0.25) is 0 Å². The van der Waals surface area contributed by atoms with Crippen molar-refractivity contribution in [1.29, 1.82) is 0 Å². The Kier molecular flexibility index (Phi) is 2.76. The maximum Gasteiger partial charge on any atom is 0.124 e. The highest BCUT2D eigenvalue weighted by Gasteiger charge is 2.09. The zero-order valence-electron chi connectivity index (χ0n) is 7.33. The van der Waals surface area contributed by atoms with Crippen molar-refractivity contribution < 1.29 is 10.2 Å². The van der Waals surface area contributed by atoms with E-state index in [4.69, 9.17) is 5.11 Å². The van der Waals surface area contributed by atoms with Gasteiger partial charge >= 0.3 is 0 Å². The Morgan fingerprint density at radius 1 is 1.36 bits per heavy atom. The first-order valence-electron chi connectivity index (χ1n) is 4.15. The molecule has 0 unspecified atom stereocenters. The lowest BCUT2D eigenvalue weighted by Gasteiger charge is -2.01. The summed E-state index contributed by atoms with van der Waals surface area (Å²) in [6.07, 6.45) is 0. The van der Waals surface area contributed by atoms with E-state index in [9.17, 15) is 5.11 Å². The minimum atomic E-state index is -0.0266. The first-order valence-corrected chi connectivity index (χ1v) is 6.15. The summed E-state index contributed by atoms with van der Waals surface area (Å²) in [5, 5.41) is 22.2. The van der Waals surface area contributed by atoms with E-state index in [1.165, 1.54) is 0 Å². The van der Waals surface area contributed by atoms with Crippen LogP contribution in [-0.2, 0) is 11.9 Å². The fraction of sp³-hybridized carbons (Fsp3) is 0.200. The third-order valence-corrected chi connectivity index (χ3v) is 3.74. The molecule has 0 aliphatic rings. The van der Waals surface area contributed by atoms with E-state index in [1.807, 2.05) is 11.4 Å². The number of halogens is 1. The monoisotopic (exact) mass is 272 g/mol. The van der Waals surface area contributed by atoms with Crippen LogP contribution < -0.4 is 0 Å². The number of aromatic hydroxyl groups is 1. The lowest BCUT2D eigenvalue weighted by Crippen LogP contribution is -1.82. The number of thiophene rings is 1. The number of hydrogen-bond donors (Lipinski definition) is 2. The number of aliphatic hydroxyl groups excluding tert-OH is 1. The molecule has 4 heteroatoms. The largest absolute Gasteiger partial charge is 0.507 e. The Balaban J connectivity index is 2.72. The number of fused-ring (bicyclic) bond motifs is 1. The minimum Gasteiger partial charge on any atom is -0.507 e. The maximum absolute atomic E-state index is 9.76. The SMILES string of the molecule is OCc1csc2cc(CBr)cc(O)c12. The van der Waals surface area contributed by atoms with Gasteiger partial charge in [0.25, 0.3) is 0 Å². The molecule has 74 valence electrons. The molecule has 14 heavy (non-hydrogen) atoms. The molecule has 2 rings (SSSR count). The third kappa shape index (κ3) is 1.54. The number of hydrogen-bond acceptors (Lipinski definition) is 3. The van der Waals surface area contributed by atoms with E-state index < -0.39 is 0 Å². The van der Waals surface area contributed by atoms with E-state index in [2.05, 4.69) is 15.9 Å². The van der Waals surface area contributed by atoms with Gasteiger partial charge in [-0.15, -0.1) is 11.3 Å². The highest BCUT2D eigenvalue weighted by atomic mass is 79.9. The molecule has 1 aromatic heterocycles. The molecule has 2 N–H and O–H groups in total. The highest BCUT2D eigenvalue weighted by Crippen LogP contribution is 2.34. The van der Waals surface area contributed by atoms with Gasteiger partial charge in [0, 0.05) is 15.4 Å². The van der Waals surface area contributed by atoms with Gasteiger partial charge in [0.05, 0.1) is 6.61 Å². The molecule has 0 amide bonds. The molecule has 0 saturated carbocycles. The minimum absolute atomic E-state index is 0.0266. The summed E-state index contributed by atoms with van der Waals surface area (Å²) >= 11 is 4.89. The number of alkyl halides is 1. The van der Waals surface area contributed by atoms with E-state index >= 15 is 0 Å². The maximum atomic E-state index is 9.76. The first-order chi connectivity index (χ1) is 6.76. The van der Waals surface area contributed by atoms with Crippen LogP contribution in [0.4, 0.5) is 0 Å². The molecular formula is C10H9BrO2S. The molecule has 2 aromatic rings. The Hall–Kier alpha value is -0.580. The second-order valence-electron chi connectivity index (χ2n) is 3.04. The van der Waals surface area contributed by atoms with Gasteiger partial charge in [-0.1, -0.05) is 15.9 Å². The second-order valence-corrected chi connectivity index (χ2v) is 4.51. The van der Waals surface area contributed by atoms with Crippen molar-refractivity contribution in [3.63, 3.8) is 0 Å². The van der Waals surface area contributed by atoms with Gasteiger partial charge < -0.3 is 10.2 Å². The van der Waals surface area contributed by atoms with Crippen LogP contribution in [0.1, 0.15) is 11.1 Å². The fourth-order valence-corrected chi connectivity index (χ4v) is 2.82. The Labute approximate surface area is 93.9 Å². The van der Waals surface area contributed by atoms with Crippen LogP contribution in [0.3, 0.4) is 0 Å². The van der Waals surface area contributed by atoms with Crippen molar-refractivity contribution >= 4 is 37.4 Å². The molecular weight excluding hydrogens is 264 g/mol. The predicted molar refractivity (Wildman–Crippen MR) is 62.0 cm³/mol. The first kappa shape index (κ1) is 9.96. The number of rotatable bonds is 2. The molecule has 1 aromatic carbocycles. The Morgan fingerprint density at radius 2 is 2.14 bits per heavy atom. The topological polar surface area (TPSA) is 40.5 Å². The zero-order valence-corrected chi connectivity index (χ0v) is 9.73. The standard InChI is InChI=1S/C10H9BrO2S/c11-3-6-1-8(13)10-7(4-12)5-14-9(10)2-6/h1-2,5,12-13H,3-4H2. The summed E-state index contributed by atoms with van der Waals surface area (Å²) in [5.41, 5.74) is 1.84. The molecule has 0 spiro atoms. The van der Waals surface area contributed by atoms with Crippen molar-refractivity contribution in [1.82, 2.24) is 0 Å². The molecule has 0 atom stereocenters. The van der Waals surface area contributed by atoms with Crippen molar-refractivity contribution in [3.8, 4) is 5.75 Å². The van der Waals surface area contributed by atoms with E-state index in [0.29, 0.717) is 0 Å². The van der Waals surface area contributed by atoms with E-state index in [1.54, 1.807) is 17.4 Å². The molecule has 0 aliphatic heterocycles. The number of benzene rings is 1. The molecule has 2 nitrogen and oxygen atoms in total. The number of phenols is 1. The van der Waals surface area contributed by atoms with Crippen molar-refractivity contribution in [2.75, 3.05) is 0 Å². The lowest BCUT2D eigenvalue weighted by molar-refractivity contribution is 0.283. The van der Waals surface area contributed by atoms with Gasteiger partial charge in [-0.25, -0.2) is 0 Å². The molecule has 0 bridgehead atoms. The summed E-state index contributed by atoms with van der Waals surface area (Å²) in [6, 6.07) is 3.75. The fourth-order valence-electron chi connectivity index (χ4n) is 1.46. The quantitative estimate of drug-likeness (QED) is 0.826. The third-order valence-electron chi connectivity index (χ3n) is 2.12. The van der Waals surface area contributed by atoms with Crippen molar-refractivity contribution in [2.45, 2.75) is 11.9 Å². The number of phenolic OH excluding ortho intramolecular Hbond substituents is 1. The zero-order chi connectivity index (χ0) is 10.1. The van der Waals surface area contributed by atoms with Gasteiger partial charge in [0.1, 0.15) is 5.75 Å². The van der Waals surface area contributed by atoms with E-state index in [0.717, 1.165) is 26.5 Å². The van der Waals surface area contributed by atoms with Gasteiger partial charge in [-0.05, 0) is 28.6 Å². The summed E-state index contributed by atoms with van der Waals surface area (Å²) in [5.74, 6) is 0.252. The molecule has 0 aliphatic carbocycles. The smallest absolute Gasteiger partial charge is 0.124 e. The van der Waals surface area contributed by atoms with Crippen LogP contribution in [0.15, 0.2) is 17.5 Å². The molecule has 0 saturated heterocycles. The van der Waals surface area contributed by atoms with Crippen LogP contribution >= 0.6 is 27.3 Å². The number of aliphatic hydroxyl groups is 1. The van der Waals surface area contributed by atoms with Crippen LogP contribution in [0.25, 0.3) is 10.1 Å². The Bertz CT molecular complexity index is 464. The average Bonchev–Trinajstić information content (AvgIpc) is 2.61. The van der Waals surface area contributed by atoms with Crippen molar-refractivity contribution in [2.24, 2.45) is 0 Å². The van der Waals surface area contributed by atoms with Crippen LogP contribution in [-0.4, -0.2) is 10.2 Å². The van der Waals surface area contributed by atoms with Gasteiger partial charge in [-0.2, -0.15) is 0 Å². The summed E-state index contributed by atoms with van der Waals surface area (Å²) in [7, 11) is 0. The van der Waals surface area contributed by atoms with Crippen LogP contribution in [0.2, 0.25) is 0 Å².